The zero-order valence-corrected chi connectivity index (χ0v) is 16.1. The maximum absolute atomic E-state index is 12.4. The van der Waals surface area contributed by atoms with Gasteiger partial charge in [0.25, 0.3) is 0 Å². The summed E-state index contributed by atoms with van der Waals surface area (Å²) in [5.41, 5.74) is 4.25. The molecule has 27 heavy (non-hydrogen) atoms. The Morgan fingerprint density at radius 1 is 1.04 bits per heavy atom. The summed E-state index contributed by atoms with van der Waals surface area (Å²) in [4.78, 5) is 12.4. The van der Waals surface area contributed by atoms with Crippen LogP contribution < -0.4 is 5.32 Å². The van der Waals surface area contributed by atoms with Gasteiger partial charge < -0.3 is 10.1 Å². The Kier molecular flexibility index (Phi) is 6.54. The first kappa shape index (κ1) is 19.0. The summed E-state index contributed by atoms with van der Waals surface area (Å²) in [7, 11) is 0. The van der Waals surface area contributed by atoms with Gasteiger partial charge in [0.1, 0.15) is 0 Å². The second-order valence-corrected chi connectivity index (χ2v) is 7.24. The molecule has 2 aromatic carbocycles. The topological polar surface area (TPSA) is 38.3 Å². The number of amides is 1. The predicted octanol–water partition coefficient (Wildman–Crippen LogP) is 5.46. The second-order valence-electron chi connectivity index (χ2n) is 7.24. The van der Waals surface area contributed by atoms with Gasteiger partial charge in [-0.1, -0.05) is 61.6 Å². The van der Waals surface area contributed by atoms with Gasteiger partial charge in [-0.25, -0.2) is 4.79 Å². The molecule has 0 aliphatic heterocycles. The zero-order valence-electron chi connectivity index (χ0n) is 16.1. The normalized spacial score (nSPS) is 15.3. The average Bonchev–Trinajstić information content (AvgIpc) is 2.69. The van der Waals surface area contributed by atoms with E-state index in [1.54, 1.807) is 0 Å². The van der Waals surface area contributed by atoms with E-state index >= 15 is 0 Å². The average molecular weight is 361 g/mol. The van der Waals surface area contributed by atoms with Gasteiger partial charge in [-0.05, 0) is 55.9 Å². The Balaban J connectivity index is 1.74. The van der Waals surface area contributed by atoms with E-state index in [0.29, 0.717) is 0 Å². The van der Waals surface area contributed by atoms with Gasteiger partial charge >= 0.3 is 6.09 Å². The highest BCUT2D eigenvalue weighted by atomic mass is 16.6. The maximum atomic E-state index is 12.4. The van der Waals surface area contributed by atoms with Crippen molar-refractivity contribution in [3.05, 3.63) is 70.8 Å². The van der Waals surface area contributed by atoms with E-state index in [9.17, 15) is 4.79 Å². The molecular formula is C24H27NO2. The summed E-state index contributed by atoms with van der Waals surface area (Å²) in [6, 6.07) is 16.0. The van der Waals surface area contributed by atoms with Crippen LogP contribution in [0.4, 0.5) is 4.79 Å². The van der Waals surface area contributed by atoms with Crippen LogP contribution in [-0.2, 0) is 4.74 Å². The third-order valence-corrected chi connectivity index (χ3v) is 5.11. The van der Waals surface area contributed by atoms with Gasteiger partial charge in [0.15, 0.2) is 6.10 Å². The van der Waals surface area contributed by atoms with Crippen LogP contribution in [0.3, 0.4) is 0 Å². The van der Waals surface area contributed by atoms with E-state index in [1.165, 1.54) is 30.4 Å². The van der Waals surface area contributed by atoms with Crippen LogP contribution in [0.25, 0.3) is 0 Å². The van der Waals surface area contributed by atoms with Crippen LogP contribution in [0.5, 0.6) is 0 Å². The number of carbonyl (C=O) groups excluding carboxylic acids is 1. The predicted molar refractivity (Wildman–Crippen MR) is 108 cm³/mol. The SMILES string of the molecule is Cc1ccc(C#CC(OC(=O)NC2CCCCC2)c2ccccc2)cc1C. The van der Waals surface area contributed by atoms with Crippen molar-refractivity contribution in [1.29, 1.82) is 0 Å². The fourth-order valence-electron chi connectivity index (χ4n) is 3.33. The monoisotopic (exact) mass is 361 g/mol. The number of carbonyl (C=O) groups is 1. The Morgan fingerprint density at radius 2 is 1.78 bits per heavy atom. The number of ether oxygens (including phenoxy) is 1. The highest BCUT2D eigenvalue weighted by Crippen LogP contribution is 2.20. The lowest BCUT2D eigenvalue weighted by atomic mass is 9.96. The minimum absolute atomic E-state index is 0.218. The van der Waals surface area contributed by atoms with E-state index in [0.717, 1.165) is 24.0 Å². The molecule has 1 saturated carbocycles. The second kappa shape index (κ2) is 9.28. The van der Waals surface area contributed by atoms with E-state index in [-0.39, 0.29) is 12.1 Å². The van der Waals surface area contributed by atoms with E-state index < -0.39 is 6.10 Å². The molecule has 0 heterocycles. The molecule has 2 aromatic rings. The molecule has 0 radical (unpaired) electrons. The molecule has 3 rings (SSSR count). The molecule has 3 nitrogen and oxygen atoms in total. The van der Waals surface area contributed by atoms with Crippen LogP contribution in [-0.4, -0.2) is 12.1 Å². The standard InChI is InChI=1S/C24H27NO2/c1-18-13-14-20(17-19(18)2)15-16-23(21-9-5-3-6-10-21)27-24(26)25-22-11-7-4-8-12-22/h3,5-6,9-10,13-14,17,22-23H,4,7-8,11-12H2,1-2H3,(H,25,26). The largest absolute Gasteiger partial charge is 0.428 e. The molecule has 1 aliphatic rings. The first-order valence-corrected chi connectivity index (χ1v) is 9.73. The van der Waals surface area contributed by atoms with Gasteiger partial charge in [0.2, 0.25) is 0 Å². The van der Waals surface area contributed by atoms with Gasteiger partial charge in [-0.2, -0.15) is 0 Å². The van der Waals surface area contributed by atoms with Crippen molar-refractivity contribution in [2.75, 3.05) is 0 Å². The summed E-state index contributed by atoms with van der Waals surface area (Å²) in [5.74, 6) is 6.30. The molecule has 0 aromatic heterocycles. The first-order valence-electron chi connectivity index (χ1n) is 9.73. The number of aryl methyl sites for hydroxylation is 2. The summed E-state index contributed by atoms with van der Waals surface area (Å²) < 4.78 is 5.69. The van der Waals surface area contributed by atoms with E-state index in [4.69, 9.17) is 4.74 Å². The summed E-state index contributed by atoms with van der Waals surface area (Å²) in [6.45, 7) is 4.15. The van der Waals surface area contributed by atoms with Crippen molar-refractivity contribution in [2.45, 2.75) is 58.1 Å². The quantitative estimate of drug-likeness (QED) is 0.738. The van der Waals surface area contributed by atoms with Crippen molar-refractivity contribution < 1.29 is 9.53 Å². The van der Waals surface area contributed by atoms with Gasteiger partial charge in [-0.3, -0.25) is 0 Å². The van der Waals surface area contributed by atoms with E-state index in [2.05, 4.69) is 43.1 Å². The summed E-state index contributed by atoms with van der Waals surface area (Å²) >= 11 is 0. The van der Waals surface area contributed by atoms with Crippen LogP contribution in [0.1, 0.15) is 60.5 Å². The Bertz CT molecular complexity index is 826. The third-order valence-electron chi connectivity index (χ3n) is 5.11. The van der Waals surface area contributed by atoms with Crippen molar-refractivity contribution >= 4 is 6.09 Å². The minimum atomic E-state index is -0.587. The number of hydrogen-bond acceptors (Lipinski definition) is 2. The number of benzene rings is 2. The highest BCUT2D eigenvalue weighted by molar-refractivity contribution is 5.68. The first-order chi connectivity index (χ1) is 13.1. The van der Waals surface area contributed by atoms with Crippen molar-refractivity contribution in [2.24, 2.45) is 0 Å². The van der Waals surface area contributed by atoms with Crippen LogP contribution in [0.2, 0.25) is 0 Å². The molecule has 1 N–H and O–H groups in total. The number of alkyl carbamates (subject to hydrolysis) is 1. The molecule has 1 fully saturated rings. The lowest BCUT2D eigenvalue weighted by Gasteiger charge is -2.23. The fraction of sp³-hybridized carbons (Fsp3) is 0.375. The minimum Gasteiger partial charge on any atom is -0.428 e. The molecule has 1 amide bonds. The molecule has 140 valence electrons. The molecule has 0 saturated heterocycles. The lowest BCUT2D eigenvalue weighted by molar-refractivity contribution is 0.118. The van der Waals surface area contributed by atoms with Gasteiger partial charge in [0.05, 0.1) is 0 Å². The Labute approximate surface area is 162 Å². The molecule has 0 bridgehead atoms. The Hall–Kier alpha value is -2.73. The number of rotatable bonds is 3. The fourth-order valence-corrected chi connectivity index (χ4v) is 3.33. The maximum Gasteiger partial charge on any atom is 0.408 e. The van der Waals surface area contributed by atoms with Crippen molar-refractivity contribution in [3.63, 3.8) is 0 Å². The zero-order chi connectivity index (χ0) is 19.1. The molecule has 1 aliphatic carbocycles. The number of nitrogens with one attached hydrogen (secondary N) is 1. The molecular weight excluding hydrogens is 334 g/mol. The van der Waals surface area contributed by atoms with Crippen LogP contribution >= 0.6 is 0 Å². The molecule has 3 heteroatoms. The van der Waals surface area contributed by atoms with E-state index in [1.807, 2.05) is 36.4 Å². The lowest BCUT2D eigenvalue weighted by Crippen LogP contribution is -2.37. The molecule has 1 atom stereocenters. The van der Waals surface area contributed by atoms with Gasteiger partial charge in [-0.15, -0.1) is 0 Å². The molecule has 0 spiro atoms. The summed E-state index contributed by atoms with van der Waals surface area (Å²) in [6.07, 6.45) is 4.67. The smallest absolute Gasteiger partial charge is 0.408 e. The Morgan fingerprint density at radius 3 is 2.48 bits per heavy atom. The third kappa shape index (κ3) is 5.62. The van der Waals surface area contributed by atoms with Crippen molar-refractivity contribution in [1.82, 2.24) is 5.32 Å². The van der Waals surface area contributed by atoms with Crippen molar-refractivity contribution in [3.8, 4) is 11.8 Å². The molecule has 1 unspecified atom stereocenters. The van der Waals surface area contributed by atoms with Crippen LogP contribution in [0.15, 0.2) is 48.5 Å². The number of hydrogen-bond donors (Lipinski definition) is 1. The summed E-state index contributed by atoms with van der Waals surface area (Å²) in [5, 5.41) is 3.00. The van der Waals surface area contributed by atoms with Gasteiger partial charge in [0, 0.05) is 17.2 Å². The highest BCUT2D eigenvalue weighted by Gasteiger charge is 2.19. The van der Waals surface area contributed by atoms with Crippen LogP contribution in [0, 0.1) is 25.7 Å².